The van der Waals surface area contributed by atoms with Crippen LogP contribution in [0.25, 0.3) is 0 Å². The third kappa shape index (κ3) is 2.68. The Kier molecular flexibility index (Phi) is 3.42. The first-order chi connectivity index (χ1) is 8.99. The van der Waals surface area contributed by atoms with Crippen LogP contribution in [-0.4, -0.2) is 31.0 Å². The number of rotatable bonds is 4. The highest BCUT2D eigenvalue weighted by atomic mass is 32.2. The first-order valence-corrected chi connectivity index (χ1v) is 5.79. The first-order valence-electron chi connectivity index (χ1n) is 4.97. The Morgan fingerprint density at radius 2 is 2.26 bits per heavy atom. The van der Waals surface area contributed by atoms with Gasteiger partial charge >= 0.3 is 0 Å². The zero-order valence-corrected chi connectivity index (χ0v) is 10.5. The maximum atomic E-state index is 11.0. The largest absolute Gasteiger partial charge is 0.366 e. The van der Waals surface area contributed by atoms with Crippen molar-refractivity contribution in [3.05, 3.63) is 33.9 Å². The van der Waals surface area contributed by atoms with Gasteiger partial charge in [0.2, 0.25) is 11.1 Å². The molecule has 0 saturated heterocycles. The summed E-state index contributed by atoms with van der Waals surface area (Å²) in [6.45, 7) is 0. The van der Waals surface area contributed by atoms with Crippen molar-refractivity contribution in [3.8, 4) is 0 Å². The fourth-order valence-corrected chi connectivity index (χ4v) is 2.12. The van der Waals surface area contributed by atoms with Crippen molar-refractivity contribution in [3.63, 3.8) is 0 Å². The number of benzene rings is 1. The molecule has 0 unspecified atom stereocenters. The Balaban J connectivity index is 2.43. The molecule has 0 aliphatic rings. The summed E-state index contributed by atoms with van der Waals surface area (Å²) in [5.74, 6) is -0.722. The van der Waals surface area contributed by atoms with E-state index in [9.17, 15) is 14.9 Å². The number of nitro groups is 1. The monoisotopic (exact) mass is 280 g/mol. The summed E-state index contributed by atoms with van der Waals surface area (Å²) < 4.78 is 1.39. The zero-order chi connectivity index (χ0) is 14.0. The van der Waals surface area contributed by atoms with Gasteiger partial charge in [0, 0.05) is 18.7 Å². The summed E-state index contributed by atoms with van der Waals surface area (Å²) in [5, 5.41) is 22.2. The quantitative estimate of drug-likeness (QED) is 0.632. The minimum atomic E-state index is -0.722. The van der Waals surface area contributed by atoms with Gasteiger partial charge in [-0.2, -0.15) is 0 Å². The maximum Gasteiger partial charge on any atom is 0.284 e. The molecule has 0 spiro atoms. The molecule has 9 nitrogen and oxygen atoms in total. The Hall–Kier alpha value is -2.49. The molecule has 2 rings (SSSR count). The average Bonchev–Trinajstić information content (AvgIpc) is 2.75. The van der Waals surface area contributed by atoms with E-state index in [4.69, 9.17) is 5.73 Å². The topological polar surface area (TPSA) is 130 Å². The normalized spacial score (nSPS) is 10.4. The van der Waals surface area contributed by atoms with E-state index in [2.05, 4.69) is 15.5 Å². The van der Waals surface area contributed by atoms with E-state index >= 15 is 0 Å². The van der Waals surface area contributed by atoms with E-state index in [-0.39, 0.29) is 11.3 Å². The van der Waals surface area contributed by atoms with Crippen molar-refractivity contribution in [2.45, 2.75) is 10.1 Å². The van der Waals surface area contributed by atoms with Crippen LogP contribution in [0.4, 0.5) is 5.69 Å². The van der Waals surface area contributed by atoms with Crippen LogP contribution in [0.5, 0.6) is 0 Å². The molecule has 0 bridgehead atoms. The number of carbonyl (C=O) groups excluding carboxylic acids is 1. The molecule has 1 aromatic carbocycles. The molecule has 0 atom stereocenters. The molecule has 0 aliphatic carbocycles. The number of aromatic nitrogens is 4. The van der Waals surface area contributed by atoms with Crippen LogP contribution in [0, 0.1) is 10.1 Å². The molecule has 0 aliphatic heterocycles. The number of nitro benzene ring substituents is 1. The number of tetrazole rings is 1. The predicted octanol–water partition coefficient (Wildman–Crippen LogP) is 0.368. The molecule has 0 saturated carbocycles. The summed E-state index contributed by atoms with van der Waals surface area (Å²) >= 11 is 1.03. The van der Waals surface area contributed by atoms with Crippen molar-refractivity contribution in [1.29, 1.82) is 0 Å². The molecule has 1 amide bonds. The fourth-order valence-electron chi connectivity index (χ4n) is 1.31. The molecule has 0 radical (unpaired) electrons. The van der Waals surface area contributed by atoms with Crippen molar-refractivity contribution < 1.29 is 9.72 Å². The summed E-state index contributed by atoms with van der Waals surface area (Å²) in [6, 6.07) is 3.99. The second-order valence-electron chi connectivity index (χ2n) is 3.49. The molecule has 10 heteroatoms. The minimum Gasteiger partial charge on any atom is -0.366 e. The van der Waals surface area contributed by atoms with Gasteiger partial charge in [0.25, 0.3) is 5.69 Å². The van der Waals surface area contributed by atoms with Crippen LogP contribution in [0.1, 0.15) is 10.4 Å². The Morgan fingerprint density at radius 3 is 2.79 bits per heavy atom. The van der Waals surface area contributed by atoms with Gasteiger partial charge in [-0.1, -0.05) is 0 Å². The number of hydrogen-bond donors (Lipinski definition) is 1. The standard InChI is InChI=1S/C9H8N6O3S/c1-14-9(11-12-13-14)19-7-3-2-5(8(10)16)4-6(7)15(17)18/h2-4H,1H3,(H2,10,16). The molecular formula is C9H8N6O3S. The third-order valence-corrected chi connectivity index (χ3v) is 3.32. The van der Waals surface area contributed by atoms with Crippen molar-refractivity contribution >= 4 is 23.4 Å². The predicted molar refractivity (Wildman–Crippen MR) is 64.5 cm³/mol. The smallest absolute Gasteiger partial charge is 0.284 e. The lowest BCUT2D eigenvalue weighted by Gasteiger charge is -2.02. The van der Waals surface area contributed by atoms with Crippen molar-refractivity contribution in [2.24, 2.45) is 12.8 Å². The van der Waals surface area contributed by atoms with Gasteiger partial charge in [0.05, 0.1) is 9.82 Å². The second-order valence-corrected chi connectivity index (χ2v) is 4.50. The van der Waals surface area contributed by atoms with E-state index in [1.807, 2.05) is 0 Å². The van der Waals surface area contributed by atoms with Gasteiger partial charge in [-0.05, 0) is 34.3 Å². The minimum absolute atomic E-state index is 0.0761. The van der Waals surface area contributed by atoms with Gasteiger partial charge in [-0.15, -0.1) is 5.10 Å². The van der Waals surface area contributed by atoms with Gasteiger partial charge in [-0.3, -0.25) is 14.9 Å². The number of nitrogens with zero attached hydrogens (tertiary/aromatic N) is 5. The lowest BCUT2D eigenvalue weighted by molar-refractivity contribution is -0.387. The summed E-state index contributed by atoms with van der Waals surface area (Å²) in [6.07, 6.45) is 0. The lowest BCUT2D eigenvalue weighted by Crippen LogP contribution is -2.11. The van der Waals surface area contributed by atoms with Crippen molar-refractivity contribution in [1.82, 2.24) is 20.2 Å². The molecule has 19 heavy (non-hydrogen) atoms. The Bertz CT molecular complexity index is 655. The lowest BCUT2D eigenvalue weighted by atomic mass is 10.2. The van der Waals surface area contributed by atoms with Crippen molar-refractivity contribution in [2.75, 3.05) is 0 Å². The third-order valence-electron chi connectivity index (χ3n) is 2.22. The number of hydrogen-bond acceptors (Lipinski definition) is 7. The molecular weight excluding hydrogens is 272 g/mol. The van der Waals surface area contributed by atoms with E-state index in [0.717, 1.165) is 17.8 Å². The molecule has 2 N–H and O–H groups in total. The van der Waals surface area contributed by atoms with Crippen LogP contribution < -0.4 is 5.73 Å². The highest BCUT2D eigenvalue weighted by molar-refractivity contribution is 7.99. The summed E-state index contributed by atoms with van der Waals surface area (Å²) in [4.78, 5) is 21.7. The van der Waals surface area contributed by atoms with Crippen LogP contribution >= 0.6 is 11.8 Å². The summed E-state index contributed by atoms with van der Waals surface area (Å²) in [7, 11) is 1.62. The molecule has 1 heterocycles. The number of aryl methyl sites for hydroxylation is 1. The van der Waals surface area contributed by atoms with Gasteiger partial charge < -0.3 is 5.73 Å². The van der Waals surface area contributed by atoms with E-state index in [0.29, 0.717) is 10.1 Å². The van der Waals surface area contributed by atoms with Crippen LogP contribution in [0.3, 0.4) is 0 Å². The SMILES string of the molecule is Cn1nnnc1Sc1ccc(C(N)=O)cc1[N+](=O)[O-]. The fraction of sp³-hybridized carbons (Fsp3) is 0.111. The van der Waals surface area contributed by atoms with E-state index in [1.165, 1.54) is 16.8 Å². The number of amides is 1. The second kappa shape index (κ2) is 5.02. The highest BCUT2D eigenvalue weighted by Crippen LogP contribution is 2.33. The average molecular weight is 280 g/mol. The molecule has 2 aromatic rings. The molecule has 1 aromatic heterocycles. The van der Waals surface area contributed by atoms with E-state index < -0.39 is 10.8 Å². The Morgan fingerprint density at radius 1 is 1.53 bits per heavy atom. The van der Waals surface area contributed by atoms with Crippen LogP contribution in [-0.2, 0) is 7.05 Å². The van der Waals surface area contributed by atoms with E-state index in [1.54, 1.807) is 7.05 Å². The van der Waals surface area contributed by atoms with Gasteiger partial charge in [0.15, 0.2) is 0 Å². The molecule has 0 fully saturated rings. The first kappa shape index (κ1) is 13.0. The van der Waals surface area contributed by atoms with Crippen LogP contribution in [0.2, 0.25) is 0 Å². The summed E-state index contributed by atoms with van der Waals surface area (Å²) in [5.41, 5.74) is 4.95. The number of nitrogens with two attached hydrogens (primary N) is 1. The van der Waals surface area contributed by atoms with Gasteiger partial charge in [-0.25, -0.2) is 4.68 Å². The van der Waals surface area contributed by atoms with Gasteiger partial charge in [0.1, 0.15) is 0 Å². The maximum absolute atomic E-state index is 11.0. The number of primary amides is 1. The number of carbonyl (C=O) groups is 1. The Labute approximate surface area is 110 Å². The highest BCUT2D eigenvalue weighted by Gasteiger charge is 2.19. The zero-order valence-electron chi connectivity index (χ0n) is 9.68. The van der Waals surface area contributed by atoms with Crippen LogP contribution in [0.15, 0.2) is 28.3 Å². The molecule has 98 valence electrons.